The number of allylic oxidation sites excluding steroid dienone is 2. The fourth-order valence-electron chi connectivity index (χ4n) is 5.61. The van der Waals surface area contributed by atoms with Crippen molar-refractivity contribution >= 4 is 0 Å². The smallest absolute Gasteiger partial charge is 0.364 e. The molecule has 1 nitrogen and oxygen atoms in total. The lowest BCUT2D eigenvalue weighted by Crippen LogP contribution is -2.27. The average molecular weight is 399 g/mol. The van der Waals surface area contributed by atoms with E-state index in [1.165, 1.54) is 76.2 Å². The van der Waals surface area contributed by atoms with Crippen molar-refractivity contribution in [3.05, 3.63) is 23.8 Å². The molecule has 0 N–H and O–H groups in total. The van der Waals surface area contributed by atoms with Crippen molar-refractivity contribution in [1.82, 2.24) is 0 Å². The third kappa shape index (κ3) is 6.64. The SMILES string of the molecule is CCCCC1CCC(C2CCC(C3=CCC(OCC(F)(F)F)C=C3)CC2)CC1. The van der Waals surface area contributed by atoms with Gasteiger partial charge in [0, 0.05) is 0 Å². The zero-order valence-corrected chi connectivity index (χ0v) is 17.4. The van der Waals surface area contributed by atoms with Crippen molar-refractivity contribution in [3.8, 4) is 0 Å². The number of rotatable bonds is 7. The second-order valence-electron chi connectivity index (χ2n) is 9.30. The van der Waals surface area contributed by atoms with Gasteiger partial charge >= 0.3 is 6.18 Å². The molecule has 3 aliphatic carbocycles. The van der Waals surface area contributed by atoms with Crippen molar-refractivity contribution in [2.75, 3.05) is 6.61 Å². The molecule has 2 fully saturated rings. The number of alkyl halides is 3. The quantitative estimate of drug-likeness (QED) is 0.428. The van der Waals surface area contributed by atoms with Crippen LogP contribution < -0.4 is 0 Å². The van der Waals surface area contributed by atoms with E-state index in [1.54, 1.807) is 0 Å². The van der Waals surface area contributed by atoms with E-state index in [2.05, 4.69) is 13.0 Å². The van der Waals surface area contributed by atoms with E-state index in [9.17, 15) is 13.2 Å². The van der Waals surface area contributed by atoms with Crippen molar-refractivity contribution < 1.29 is 17.9 Å². The lowest BCUT2D eigenvalue weighted by atomic mass is 9.67. The molecule has 0 spiro atoms. The van der Waals surface area contributed by atoms with Gasteiger partial charge in [-0.15, -0.1) is 0 Å². The van der Waals surface area contributed by atoms with E-state index in [-0.39, 0.29) is 0 Å². The summed E-state index contributed by atoms with van der Waals surface area (Å²) in [4.78, 5) is 0. The van der Waals surface area contributed by atoms with Crippen LogP contribution in [0.2, 0.25) is 0 Å². The summed E-state index contributed by atoms with van der Waals surface area (Å²) in [6.07, 6.45) is 16.9. The van der Waals surface area contributed by atoms with Crippen LogP contribution in [0.3, 0.4) is 0 Å². The Balaban J connectivity index is 1.37. The first-order chi connectivity index (χ1) is 13.4. The van der Waals surface area contributed by atoms with Crippen molar-refractivity contribution in [2.24, 2.45) is 23.7 Å². The summed E-state index contributed by atoms with van der Waals surface area (Å²) in [5.74, 6) is 3.42. The molecule has 1 atom stereocenters. The highest BCUT2D eigenvalue weighted by atomic mass is 19.4. The van der Waals surface area contributed by atoms with E-state index in [0.29, 0.717) is 12.3 Å². The Kier molecular flexibility index (Phi) is 8.08. The fraction of sp³-hybridized carbons (Fsp3) is 0.833. The number of halogens is 3. The van der Waals surface area contributed by atoms with E-state index in [4.69, 9.17) is 4.74 Å². The van der Waals surface area contributed by atoms with Crippen LogP contribution in [0.25, 0.3) is 0 Å². The zero-order valence-electron chi connectivity index (χ0n) is 17.4. The van der Waals surface area contributed by atoms with Crippen LogP contribution >= 0.6 is 0 Å². The van der Waals surface area contributed by atoms with Gasteiger partial charge in [-0.2, -0.15) is 13.2 Å². The molecule has 0 saturated heterocycles. The Hall–Kier alpha value is -0.770. The van der Waals surface area contributed by atoms with Crippen LogP contribution in [0.1, 0.15) is 84.0 Å². The van der Waals surface area contributed by atoms with Crippen molar-refractivity contribution in [3.63, 3.8) is 0 Å². The lowest BCUT2D eigenvalue weighted by molar-refractivity contribution is -0.180. The van der Waals surface area contributed by atoms with Gasteiger partial charge in [0.1, 0.15) is 6.61 Å². The fourth-order valence-corrected chi connectivity index (χ4v) is 5.61. The van der Waals surface area contributed by atoms with Crippen LogP contribution in [0, 0.1) is 23.7 Å². The molecule has 0 aromatic rings. The van der Waals surface area contributed by atoms with Gasteiger partial charge in [-0.1, -0.05) is 57.3 Å². The van der Waals surface area contributed by atoms with E-state index in [0.717, 1.165) is 17.8 Å². The van der Waals surface area contributed by atoms with Gasteiger partial charge in [0.15, 0.2) is 0 Å². The average Bonchev–Trinajstić information content (AvgIpc) is 2.71. The maximum atomic E-state index is 12.3. The maximum Gasteiger partial charge on any atom is 0.411 e. The molecular formula is C24H37F3O. The summed E-state index contributed by atoms with van der Waals surface area (Å²) in [7, 11) is 0. The molecule has 0 aromatic heterocycles. The Morgan fingerprint density at radius 2 is 1.61 bits per heavy atom. The maximum absolute atomic E-state index is 12.3. The van der Waals surface area contributed by atoms with Crippen LogP contribution in [0.4, 0.5) is 13.2 Å². The second-order valence-corrected chi connectivity index (χ2v) is 9.30. The highest BCUT2D eigenvalue weighted by Crippen LogP contribution is 2.44. The Labute approximate surface area is 168 Å². The van der Waals surface area contributed by atoms with Gasteiger partial charge in [0.2, 0.25) is 0 Å². The molecular weight excluding hydrogens is 361 g/mol. The molecule has 160 valence electrons. The minimum atomic E-state index is -4.24. The topological polar surface area (TPSA) is 9.23 Å². The normalized spacial score (nSPS) is 34.3. The van der Waals surface area contributed by atoms with E-state index in [1.807, 2.05) is 12.2 Å². The number of ether oxygens (including phenoxy) is 1. The molecule has 0 amide bonds. The predicted octanol–water partition coefficient (Wildman–Crippen LogP) is 7.62. The van der Waals surface area contributed by atoms with Crippen molar-refractivity contribution in [1.29, 1.82) is 0 Å². The molecule has 2 saturated carbocycles. The predicted molar refractivity (Wildman–Crippen MR) is 108 cm³/mol. The molecule has 0 bridgehead atoms. The van der Waals surface area contributed by atoms with Crippen LogP contribution in [-0.4, -0.2) is 18.9 Å². The van der Waals surface area contributed by atoms with Gasteiger partial charge in [0.05, 0.1) is 6.10 Å². The van der Waals surface area contributed by atoms with Gasteiger partial charge < -0.3 is 4.74 Å². The lowest BCUT2D eigenvalue weighted by Gasteiger charge is -2.38. The largest absolute Gasteiger partial charge is 0.411 e. The number of hydrogen-bond acceptors (Lipinski definition) is 1. The minimum Gasteiger partial charge on any atom is -0.364 e. The van der Waals surface area contributed by atoms with Gasteiger partial charge in [-0.3, -0.25) is 0 Å². The first kappa shape index (κ1) is 21.9. The molecule has 0 heterocycles. The molecule has 4 heteroatoms. The summed E-state index contributed by atoms with van der Waals surface area (Å²) in [6, 6.07) is 0. The molecule has 3 aliphatic rings. The first-order valence-electron chi connectivity index (χ1n) is 11.5. The third-order valence-electron chi connectivity index (χ3n) is 7.32. The number of hydrogen-bond donors (Lipinski definition) is 0. The Morgan fingerprint density at radius 3 is 2.14 bits per heavy atom. The summed E-state index contributed by atoms with van der Waals surface area (Å²) >= 11 is 0. The summed E-state index contributed by atoms with van der Waals surface area (Å²) in [6.45, 7) is 1.13. The Bertz CT molecular complexity index is 520. The summed E-state index contributed by atoms with van der Waals surface area (Å²) < 4.78 is 41.8. The first-order valence-corrected chi connectivity index (χ1v) is 11.5. The van der Waals surface area contributed by atoms with Crippen LogP contribution in [0.15, 0.2) is 23.8 Å². The van der Waals surface area contributed by atoms with Gasteiger partial charge in [0.25, 0.3) is 0 Å². The van der Waals surface area contributed by atoms with E-state index >= 15 is 0 Å². The van der Waals surface area contributed by atoms with Crippen molar-refractivity contribution in [2.45, 2.75) is 96.3 Å². The van der Waals surface area contributed by atoms with Crippen LogP contribution in [-0.2, 0) is 4.74 Å². The Morgan fingerprint density at radius 1 is 0.964 bits per heavy atom. The highest BCUT2D eigenvalue weighted by Gasteiger charge is 2.32. The molecule has 28 heavy (non-hydrogen) atoms. The molecule has 0 aliphatic heterocycles. The monoisotopic (exact) mass is 398 g/mol. The minimum absolute atomic E-state index is 0.426. The molecule has 0 aromatic carbocycles. The standard InChI is InChI=1S/C24H37F3O/c1-2-3-4-18-5-7-19(8-6-18)20-9-11-21(12-10-20)22-13-15-23(16-14-22)28-17-24(25,26)27/h13-15,18-21,23H,2-12,16-17H2,1H3. The third-order valence-corrected chi connectivity index (χ3v) is 7.32. The molecule has 3 rings (SSSR count). The van der Waals surface area contributed by atoms with E-state index < -0.39 is 18.9 Å². The number of unbranched alkanes of at least 4 members (excludes halogenated alkanes) is 1. The summed E-state index contributed by atoms with van der Waals surface area (Å²) in [5, 5.41) is 0. The molecule has 1 unspecified atom stereocenters. The van der Waals surface area contributed by atoms with Gasteiger partial charge in [-0.25, -0.2) is 0 Å². The summed E-state index contributed by atoms with van der Waals surface area (Å²) in [5.41, 5.74) is 1.33. The van der Waals surface area contributed by atoms with Crippen LogP contribution in [0.5, 0.6) is 0 Å². The molecule has 0 radical (unpaired) electrons. The van der Waals surface area contributed by atoms with Gasteiger partial charge in [-0.05, 0) is 74.2 Å². The second kappa shape index (κ2) is 10.3. The highest BCUT2D eigenvalue weighted by molar-refractivity contribution is 5.27. The zero-order chi connectivity index (χ0) is 20.0.